The molecule has 144 valence electrons. The monoisotopic (exact) mass is 384 g/mol. The molecular weight excluding hydrogens is 367 g/mol. The van der Waals surface area contributed by atoms with E-state index in [1.54, 1.807) is 30.3 Å². The highest BCUT2D eigenvalue weighted by molar-refractivity contribution is 6.13. The maximum atomic E-state index is 13.8. The molecule has 0 radical (unpaired) electrons. The van der Waals surface area contributed by atoms with Crippen LogP contribution in [0.2, 0.25) is 0 Å². The highest BCUT2D eigenvalue weighted by atomic mass is 19.1. The smallest absolute Gasteiger partial charge is 0.343 e. The van der Waals surface area contributed by atoms with Crippen molar-refractivity contribution in [2.45, 2.75) is 6.54 Å². The van der Waals surface area contributed by atoms with E-state index in [9.17, 15) is 18.8 Å². The van der Waals surface area contributed by atoms with Crippen molar-refractivity contribution in [1.29, 1.82) is 0 Å². The van der Waals surface area contributed by atoms with Crippen molar-refractivity contribution in [2.24, 2.45) is 0 Å². The molecule has 28 heavy (non-hydrogen) atoms. The number of nitrogens with one attached hydrogen (secondary N) is 1. The Kier molecular flexibility index (Phi) is 5.69. The first-order valence-electron chi connectivity index (χ1n) is 8.35. The summed E-state index contributed by atoms with van der Waals surface area (Å²) in [4.78, 5) is 36.6. The zero-order valence-corrected chi connectivity index (χ0v) is 15.0. The van der Waals surface area contributed by atoms with Crippen molar-refractivity contribution in [3.63, 3.8) is 0 Å². The number of hydrogen-bond donors (Lipinski definition) is 1. The van der Waals surface area contributed by atoms with Gasteiger partial charge in [0.1, 0.15) is 17.3 Å². The number of carbonyl (C=O) groups is 3. The zero-order chi connectivity index (χ0) is 20.1. The van der Waals surface area contributed by atoms with Gasteiger partial charge < -0.3 is 14.8 Å². The molecule has 0 aliphatic carbocycles. The summed E-state index contributed by atoms with van der Waals surface area (Å²) < 4.78 is 23.5. The molecular formula is C20H17FN2O5. The molecule has 0 atom stereocenters. The van der Waals surface area contributed by atoms with Crippen molar-refractivity contribution in [2.75, 3.05) is 13.7 Å². The number of urea groups is 1. The van der Waals surface area contributed by atoms with Gasteiger partial charge in [-0.1, -0.05) is 30.3 Å². The predicted octanol–water partition coefficient (Wildman–Crippen LogP) is 2.47. The topological polar surface area (TPSA) is 84.9 Å². The number of hydrogen-bond acceptors (Lipinski definition) is 5. The van der Waals surface area contributed by atoms with Gasteiger partial charge in [-0.2, -0.15) is 0 Å². The van der Waals surface area contributed by atoms with Gasteiger partial charge in [0.25, 0.3) is 5.91 Å². The van der Waals surface area contributed by atoms with E-state index in [-0.39, 0.29) is 24.4 Å². The van der Waals surface area contributed by atoms with Crippen LogP contribution in [0.3, 0.4) is 0 Å². The van der Waals surface area contributed by atoms with Crippen LogP contribution in [0.15, 0.2) is 54.2 Å². The van der Waals surface area contributed by atoms with Crippen LogP contribution in [0.5, 0.6) is 5.75 Å². The van der Waals surface area contributed by atoms with E-state index in [0.717, 1.165) is 4.90 Å². The molecule has 3 rings (SSSR count). The summed E-state index contributed by atoms with van der Waals surface area (Å²) in [6.45, 7) is -0.370. The highest BCUT2D eigenvalue weighted by Crippen LogP contribution is 2.19. The van der Waals surface area contributed by atoms with Crippen LogP contribution in [-0.4, -0.2) is 36.5 Å². The lowest BCUT2D eigenvalue weighted by Gasteiger charge is -2.12. The van der Waals surface area contributed by atoms with Crippen molar-refractivity contribution >= 4 is 24.0 Å². The van der Waals surface area contributed by atoms with E-state index < -0.39 is 23.7 Å². The molecule has 1 N–H and O–H groups in total. The lowest BCUT2D eigenvalue weighted by atomic mass is 10.1. The maximum absolute atomic E-state index is 13.8. The third-order valence-corrected chi connectivity index (χ3v) is 4.02. The van der Waals surface area contributed by atoms with Crippen LogP contribution >= 0.6 is 0 Å². The second kappa shape index (κ2) is 8.34. The van der Waals surface area contributed by atoms with Crippen LogP contribution in [0, 0.1) is 5.82 Å². The molecule has 1 aliphatic rings. The van der Waals surface area contributed by atoms with Crippen LogP contribution in [0.4, 0.5) is 9.18 Å². The lowest BCUT2D eigenvalue weighted by molar-refractivity contribution is -0.142. The Bertz CT molecular complexity index is 940. The number of ether oxygens (including phenoxy) is 2. The van der Waals surface area contributed by atoms with Gasteiger partial charge in [-0.3, -0.25) is 9.69 Å². The summed E-state index contributed by atoms with van der Waals surface area (Å²) in [7, 11) is 1.27. The third kappa shape index (κ3) is 4.35. The quantitative estimate of drug-likeness (QED) is 0.470. The molecule has 2 aromatic carbocycles. The highest BCUT2D eigenvalue weighted by Gasteiger charge is 2.33. The van der Waals surface area contributed by atoms with Gasteiger partial charge in [0, 0.05) is 5.56 Å². The number of imide groups is 1. The number of rotatable bonds is 6. The number of methoxy groups -OCH3 is 1. The molecule has 0 unspecified atom stereocenters. The largest absolute Gasteiger partial charge is 0.482 e. The fourth-order valence-electron chi connectivity index (χ4n) is 2.54. The first-order chi connectivity index (χ1) is 13.5. The molecule has 7 nitrogen and oxygen atoms in total. The normalized spacial score (nSPS) is 14.9. The molecule has 0 aromatic heterocycles. The van der Waals surface area contributed by atoms with E-state index in [0.29, 0.717) is 11.3 Å². The number of amides is 3. The van der Waals surface area contributed by atoms with Crippen molar-refractivity contribution in [3.05, 3.63) is 71.2 Å². The SMILES string of the molecule is COC(=O)COc1ccc(/C=C2/NC(=O)N(Cc3ccccc3F)C2=O)cc1. The maximum Gasteiger partial charge on any atom is 0.343 e. The van der Waals surface area contributed by atoms with Crippen molar-refractivity contribution < 1.29 is 28.2 Å². The van der Waals surface area contributed by atoms with Crippen molar-refractivity contribution in [3.8, 4) is 5.75 Å². The van der Waals surface area contributed by atoms with Gasteiger partial charge in [-0.15, -0.1) is 0 Å². The number of benzene rings is 2. The van der Waals surface area contributed by atoms with Crippen molar-refractivity contribution in [1.82, 2.24) is 10.2 Å². The summed E-state index contributed by atoms with van der Waals surface area (Å²) >= 11 is 0. The van der Waals surface area contributed by atoms with Crippen LogP contribution in [0.25, 0.3) is 6.08 Å². The molecule has 1 aliphatic heterocycles. The first kappa shape index (κ1) is 19.1. The number of halogens is 1. The minimum absolute atomic E-state index is 0.0876. The van der Waals surface area contributed by atoms with Gasteiger partial charge in [0.15, 0.2) is 6.61 Å². The minimum Gasteiger partial charge on any atom is -0.482 e. The standard InChI is InChI=1S/C20H17FN2O5/c1-27-18(24)12-28-15-8-6-13(7-9-15)10-17-19(25)23(20(26)22-17)11-14-4-2-3-5-16(14)21/h2-10H,11-12H2,1H3,(H,22,26)/b17-10+. The Hall–Kier alpha value is -3.68. The Morgan fingerprint density at radius 3 is 2.54 bits per heavy atom. The molecule has 3 amide bonds. The van der Waals surface area contributed by atoms with E-state index in [4.69, 9.17) is 4.74 Å². The molecule has 0 saturated carbocycles. The van der Waals surface area contributed by atoms with E-state index >= 15 is 0 Å². The van der Waals surface area contributed by atoms with Gasteiger partial charge in [-0.05, 0) is 29.8 Å². The molecule has 8 heteroatoms. The molecule has 1 saturated heterocycles. The molecule has 2 aromatic rings. The second-order valence-electron chi connectivity index (χ2n) is 5.90. The molecule has 0 spiro atoms. The fourth-order valence-corrected chi connectivity index (χ4v) is 2.54. The number of nitrogens with zero attached hydrogens (tertiary/aromatic N) is 1. The van der Waals surface area contributed by atoms with Gasteiger partial charge in [-0.25, -0.2) is 14.0 Å². The lowest BCUT2D eigenvalue weighted by Crippen LogP contribution is -2.30. The summed E-state index contributed by atoms with van der Waals surface area (Å²) in [6, 6.07) is 11.9. The summed E-state index contributed by atoms with van der Waals surface area (Å²) in [5.41, 5.74) is 0.978. The summed E-state index contributed by atoms with van der Waals surface area (Å²) in [5.74, 6) is -1.07. The Morgan fingerprint density at radius 1 is 1.14 bits per heavy atom. The second-order valence-corrected chi connectivity index (χ2v) is 5.90. The Labute approximate surface area is 160 Å². The van der Waals surface area contributed by atoms with E-state index in [1.807, 2.05) is 0 Å². The van der Waals surface area contributed by atoms with Gasteiger partial charge in [0.05, 0.1) is 13.7 Å². The Morgan fingerprint density at radius 2 is 1.86 bits per heavy atom. The van der Waals surface area contributed by atoms with Crippen LogP contribution in [-0.2, 0) is 20.9 Å². The van der Waals surface area contributed by atoms with E-state index in [2.05, 4.69) is 10.1 Å². The van der Waals surface area contributed by atoms with E-state index in [1.165, 1.54) is 31.4 Å². The average Bonchev–Trinajstić information content (AvgIpc) is 2.96. The Balaban J connectivity index is 1.69. The summed E-state index contributed by atoms with van der Waals surface area (Å²) in [6.07, 6.45) is 1.51. The number of esters is 1. The fraction of sp³-hybridized carbons (Fsp3) is 0.150. The molecule has 1 heterocycles. The van der Waals surface area contributed by atoms with Gasteiger partial charge >= 0.3 is 12.0 Å². The predicted molar refractivity (Wildman–Crippen MR) is 97.4 cm³/mol. The van der Waals surface area contributed by atoms with Crippen LogP contribution in [0.1, 0.15) is 11.1 Å². The zero-order valence-electron chi connectivity index (χ0n) is 15.0. The minimum atomic E-state index is -0.613. The molecule has 0 bridgehead atoms. The van der Waals surface area contributed by atoms with Crippen LogP contribution < -0.4 is 10.1 Å². The molecule has 1 fully saturated rings. The summed E-state index contributed by atoms with van der Waals surface area (Å²) in [5, 5.41) is 2.49. The third-order valence-electron chi connectivity index (χ3n) is 4.02. The average molecular weight is 384 g/mol. The number of carbonyl (C=O) groups excluding carboxylic acids is 3. The first-order valence-corrected chi connectivity index (χ1v) is 8.35. The van der Waals surface area contributed by atoms with Gasteiger partial charge in [0.2, 0.25) is 0 Å².